The molecule has 280 valence electrons. The van der Waals surface area contributed by atoms with Crippen molar-refractivity contribution in [3.8, 4) is 11.5 Å². The summed E-state index contributed by atoms with van der Waals surface area (Å²) in [4.78, 5) is 47.9. The van der Waals surface area contributed by atoms with E-state index in [0.29, 0.717) is 34.9 Å². The average Bonchev–Trinajstić information content (AvgIpc) is 3.60. The van der Waals surface area contributed by atoms with Gasteiger partial charge in [0.25, 0.3) is 11.8 Å². The number of para-hydroxylation sites is 2. The first-order valence-electron chi connectivity index (χ1n) is 18.4. The van der Waals surface area contributed by atoms with E-state index in [1.54, 1.807) is 27.9 Å². The summed E-state index contributed by atoms with van der Waals surface area (Å²) < 4.78 is 18.5. The second kappa shape index (κ2) is 14.9. The summed E-state index contributed by atoms with van der Waals surface area (Å²) in [5, 5.41) is 11.2. The number of carbonyl (C=O) groups excluding carboxylic acids is 3. The van der Waals surface area contributed by atoms with Crippen molar-refractivity contribution in [2.75, 3.05) is 43.2 Å². The van der Waals surface area contributed by atoms with E-state index in [1.807, 2.05) is 84.9 Å². The molecule has 4 aromatic rings. The highest BCUT2D eigenvalue weighted by Crippen LogP contribution is 2.60. The summed E-state index contributed by atoms with van der Waals surface area (Å²) in [6, 6.07) is 30.8. The van der Waals surface area contributed by atoms with Crippen LogP contribution in [-0.4, -0.2) is 75.3 Å². The minimum Gasteiger partial charge on any atom is -0.497 e. The van der Waals surface area contributed by atoms with Crippen LogP contribution in [0.4, 0.5) is 17.1 Å². The van der Waals surface area contributed by atoms with Crippen LogP contribution in [0.2, 0.25) is 18.6 Å². The lowest BCUT2D eigenvalue weighted by molar-refractivity contribution is -0.149. The maximum absolute atomic E-state index is 15.1. The number of anilines is 3. The number of ether oxygens (including phenoxy) is 3. The molecule has 1 spiro atoms. The third-order valence-electron chi connectivity index (χ3n) is 11.4. The Balaban J connectivity index is 1.35. The quantitative estimate of drug-likeness (QED) is 0.142. The molecule has 0 unspecified atom stereocenters. The van der Waals surface area contributed by atoms with E-state index in [9.17, 15) is 14.7 Å². The Morgan fingerprint density at radius 2 is 1.74 bits per heavy atom. The number of nitrogens with zero attached hydrogens (tertiary/aromatic N) is 3. The monoisotopic (exact) mass is 745 g/mol. The molecular weight excluding hydrogens is 699 g/mol. The minimum atomic E-state index is -2.56. The summed E-state index contributed by atoms with van der Waals surface area (Å²) in [5.41, 5.74) is 1.86. The molecule has 0 radical (unpaired) electrons. The number of rotatable bonds is 12. The Labute approximate surface area is 317 Å². The molecule has 1 fully saturated rings. The molecule has 3 aliphatic heterocycles. The lowest BCUT2D eigenvalue weighted by atomic mass is 9.82. The van der Waals surface area contributed by atoms with Gasteiger partial charge in [-0.25, -0.2) is 0 Å². The van der Waals surface area contributed by atoms with Gasteiger partial charge in [-0.05, 0) is 53.6 Å². The maximum atomic E-state index is 15.1. The van der Waals surface area contributed by atoms with Gasteiger partial charge in [0, 0.05) is 36.8 Å². The molecule has 0 aromatic heterocycles. The summed E-state index contributed by atoms with van der Waals surface area (Å²) in [6.45, 7) is 11.0. The van der Waals surface area contributed by atoms with E-state index < -0.39 is 19.8 Å². The molecule has 0 saturated carbocycles. The fourth-order valence-electron chi connectivity index (χ4n) is 8.85. The van der Waals surface area contributed by atoms with Crippen molar-refractivity contribution in [2.45, 2.75) is 50.2 Å². The Bertz CT molecular complexity index is 2060. The topological polar surface area (TPSA) is 109 Å². The van der Waals surface area contributed by atoms with Crippen LogP contribution >= 0.6 is 0 Å². The van der Waals surface area contributed by atoms with Crippen LogP contribution in [0.1, 0.15) is 24.5 Å². The third-order valence-corrected chi connectivity index (χ3v) is 15.8. The zero-order chi connectivity index (χ0) is 38.2. The molecule has 3 amide bonds. The Morgan fingerprint density at radius 3 is 2.44 bits per heavy atom. The molecule has 3 aliphatic rings. The molecule has 1 saturated heterocycles. The van der Waals surface area contributed by atoms with E-state index in [1.165, 1.54) is 0 Å². The van der Waals surface area contributed by atoms with Crippen LogP contribution in [0.3, 0.4) is 0 Å². The standard InChI is InChI=1S/C43H47N3O7Si/c1-6-22-45-35-21-16-31(46-36-14-10-11-15-37(36)52-28-40(46)49)25-34(35)43(42(45)50)29(2)41(54(4,5)33-19-17-32(51-3)18-20-33)38(53-43)26-39(48)44(23-24-47)27-30-12-8-7-9-13-30/h6-21,25,29,38,41,47H,1,22-24,26-28H2,2-5H3/t29-,38+,41-,43+/m0/s1. The fraction of sp³-hybridized carbons (Fsp3) is 0.326. The Morgan fingerprint density at radius 1 is 1.02 bits per heavy atom. The molecule has 4 aromatic carbocycles. The van der Waals surface area contributed by atoms with Gasteiger partial charge in [-0.2, -0.15) is 0 Å². The minimum absolute atomic E-state index is 0.0231. The number of hydrogen-bond acceptors (Lipinski definition) is 7. The number of fused-ring (bicyclic) bond motifs is 3. The number of hydrogen-bond donors (Lipinski definition) is 1. The molecule has 11 heteroatoms. The molecule has 1 N–H and O–H groups in total. The first kappa shape index (κ1) is 37.1. The predicted molar refractivity (Wildman–Crippen MR) is 211 cm³/mol. The van der Waals surface area contributed by atoms with Crippen LogP contribution in [0.25, 0.3) is 0 Å². The van der Waals surface area contributed by atoms with Crippen molar-refractivity contribution in [2.24, 2.45) is 5.92 Å². The number of methoxy groups -OCH3 is 1. The van der Waals surface area contributed by atoms with Crippen LogP contribution in [0.5, 0.6) is 11.5 Å². The highest BCUT2D eigenvalue weighted by atomic mass is 28.3. The Kier molecular flexibility index (Phi) is 10.2. The second-order valence-electron chi connectivity index (χ2n) is 14.8. The summed E-state index contributed by atoms with van der Waals surface area (Å²) >= 11 is 0. The van der Waals surface area contributed by atoms with E-state index in [4.69, 9.17) is 14.2 Å². The van der Waals surface area contributed by atoms with Crippen LogP contribution < -0.4 is 24.5 Å². The van der Waals surface area contributed by atoms with Gasteiger partial charge in [-0.15, -0.1) is 6.58 Å². The highest BCUT2D eigenvalue weighted by Gasteiger charge is 2.66. The fourth-order valence-corrected chi connectivity index (χ4v) is 12.9. The smallest absolute Gasteiger partial charge is 0.269 e. The third kappa shape index (κ3) is 6.29. The van der Waals surface area contributed by atoms with E-state index in [2.05, 4.69) is 38.7 Å². The van der Waals surface area contributed by atoms with Crippen molar-refractivity contribution in [3.05, 3.63) is 121 Å². The van der Waals surface area contributed by atoms with Gasteiger partial charge in [0.15, 0.2) is 12.2 Å². The predicted octanol–water partition coefficient (Wildman–Crippen LogP) is 5.91. The first-order valence-corrected chi connectivity index (χ1v) is 21.5. The molecule has 0 bridgehead atoms. The summed E-state index contributed by atoms with van der Waals surface area (Å²) in [7, 11) is -0.926. The van der Waals surface area contributed by atoms with Gasteiger partial charge >= 0.3 is 0 Å². The lowest BCUT2D eigenvalue weighted by Gasteiger charge is -2.37. The average molecular weight is 746 g/mol. The van der Waals surface area contributed by atoms with Gasteiger partial charge in [-0.3, -0.25) is 19.3 Å². The van der Waals surface area contributed by atoms with Crippen LogP contribution in [0, 0.1) is 5.92 Å². The van der Waals surface area contributed by atoms with E-state index in [-0.39, 0.29) is 61.9 Å². The Hall–Kier alpha value is -5.23. The molecule has 10 nitrogen and oxygen atoms in total. The number of benzene rings is 4. The van der Waals surface area contributed by atoms with Gasteiger partial charge < -0.3 is 29.1 Å². The molecule has 4 atom stereocenters. The highest BCUT2D eigenvalue weighted by molar-refractivity contribution is 6.91. The zero-order valence-electron chi connectivity index (χ0n) is 31.2. The van der Waals surface area contributed by atoms with Crippen molar-refractivity contribution in [1.29, 1.82) is 0 Å². The number of amides is 3. The SMILES string of the molecule is C=CCN1C(=O)[C@]2(O[C@H](CC(=O)N(CCO)Cc3ccccc3)[C@@H]([Si](C)(C)c3ccc(OC)cc3)[C@@H]2C)c2cc(N3C(=O)COc4ccccc43)ccc21. The summed E-state index contributed by atoms with van der Waals surface area (Å²) in [6.07, 6.45) is 1.08. The molecule has 3 heterocycles. The lowest BCUT2D eigenvalue weighted by Crippen LogP contribution is -2.52. The molecule has 54 heavy (non-hydrogen) atoms. The van der Waals surface area contributed by atoms with Crippen molar-refractivity contribution in [1.82, 2.24) is 4.90 Å². The van der Waals surface area contributed by atoms with Crippen molar-refractivity contribution in [3.63, 3.8) is 0 Å². The first-order chi connectivity index (χ1) is 26.0. The van der Waals surface area contributed by atoms with Gasteiger partial charge in [-0.1, -0.05) is 85.9 Å². The second-order valence-corrected chi connectivity index (χ2v) is 19.5. The summed E-state index contributed by atoms with van der Waals surface area (Å²) in [5.74, 6) is 0.359. The number of aliphatic hydroxyl groups excluding tert-OH is 1. The van der Waals surface area contributed by atoms with Gasteiger partial charge in [0.05, 0.1) is 45.7 Å². The van der Waals surface area contributed by atoms with Crippen molar-refractivity contribution >= 4 is 48.0 Å². The zero-order valence-corrected chi connectivity index (χ0v) is 32.2. The van der Waals surface area contributed by atoms with E-state index in [0.717, 1.165) is 16.5 Å². The number of aliphatic hydroxyl groups is 1. The van der Waals surface area contributed by atoms with Crippen LogP contribution in [0.15, 0.2) is 110 Å². The van der Waals surface area contributed by atoms with Crippen molar-refractivity contribution < 1.29 is 33.7 Å². The number of carbonyl (C=O) groups is 3. The molecule has 7 rings (SSSR count). The van der Waals surface area contributed by atoms with E-state index >= 15 is 4.79 Å². The normalized spacial score (nSPS) is 21.8. The molecule has 0 aliphatic carbocycles. The largest absolute Gasteiger partial charge is 0.497 e. The maximum Gasteiger partial charge on any atom is 0.269 e. The molecular formula is C43H47N3O7Si. The van der Waals surface area contributed by atoms with Gasteiger partial charge in [0.1, 0.15) is 11.5 Å². The van der Waals surface area contributed by atoms with Crippen LogP contribution in [-0.2, 0) is 31.3 Å². The van der Waals surface area contributed by atoms with Gasteiger partial charge in [0.2, 0.25) is 5.91 Å².